The first-order valence-electron chi connectivity index (χ1n) is 14.8. The Labute approximate surface area is 254 Å². The van der Waals surface area contributed by atoms with Crippen LogP contribution in [0.25, 0.3) is 0 Å². The van der Waals surface area contributed by atoms with Crippen molar-refractivity contribution >= 4 is 46.8 Å². The van der Waals surface area contributed by atoms with E-state index in [4.69, 9.17) is 11.6 Å². The fourth-order valence-corrected chi connectivity index (χ4v) is 10.0. The number of carbonyl (C=O) groups excluding carboxylic acids is 3. The lowest BCUT2D eigenvalue weighted by Crippen LogP contribution is -2.59. The van der Waals surface area contributed by atoms with E-state index in [0.29, 0.717) is 30.2 Å². The van der Waals surface area contributed by atoms with Gasteiger partial charge in [-0.15, -0.1) is 24.9 Å². The van der Waals surface area contributed by atoms with Gasteiger partial charge in [-0.3, -0.25) is 14.4 Å². The van der Waals surface area contributed by atoms with Gasteiger partial charge < -0.3 is 19.8 Å². The first kappa shape index (κ1) is 31.6. The lowest BCUT2D eigenvalue weighted by atomic mass is 9.65. The van der Waals surface area contributed by atoms with Gasteiger partial charge in [0.05, 0.1) is 39.9 Å². The van der Waals surface area contributed by atoms with Gasteiger partial charge in [-0.2, -0.15) is 0 Å². The number of aliphatic hydroxyl groups excluding tert-OH is 1. The number of carbonyl (C=O) groups is 3. The topological polar surface area (TPSA) is 81.2 Å². The Morgan fingerprint density at radius 1 is 1.22 bits per heavy atom. The molecule has 4 rings (SSSR count). The highest BCUT2D eigenvalue weighted by Gasteiger charge is 2.77. The maximum atomic E-state index is 14.9. The van der Waals surface area contributed by atoms with Crippen molar-refractivity contribution in [1.29, 1.82) is 0 Å². The molecule has 0 radical (unpaired) electrons. The summed E-state index contributed by atoms with van der Waals surface area (Å²) in [5, 5.41) is 11.0. The second-order valence-corrected chi connectivity index (χ2v) is 14.0. The van der Waals surface area contributed by atoms with E-state index in [-0.39, 0.29) is 48.0 Å². The lowest BCUT2D eigenvalue weighted by molar-refractivity contribution is -0.145. The molecule has 3 amide bonds. The molecule has 9 heteroatoms. The third-order valence-electron chi connectivity index (χ3n) is 8.93. The number of nitrogens with zero attached hydrogens (tertiary/aromatic N) is 3. The van der Waals surface area contributed by atoms with Gasteiger partial charge in [-0.1, -0.05) is 63.6 Å². The van der Waals surface area contributed by atoms with Crippen molar-refractivity contribution in [1.82, 2.24) is 9.80 Å². The van der Waals surface area contributed by atoms with Crippen molar-refractivity contribution in [3.63, 3.8) is 0 Å². The van der Waals surface area contributed by atoms with Crippen molar-refractivity contribution < 1.29 is 19.5 Å². The third-order valence-corrected chi connectivity index (χ3v) is 11.3. The van der Waals surface area contributed by atoms with E-state index in [9.17, 15) is 19.5 Å². The quantitative estimate of drug-likeness (QED) is 0.321. The Morgan fingerprint density at radius 3 is 2.49 bits per heavy atom. The number of hydrogen-bond acceptors (Lipinski definition) is 5. The minimum atomic E-state index is -0.853. The molecule has 1 spiro atoms. The molecule has 2 bridgehead atoms. The molecule has 1 N–H and O–H groups in total. The summed E-state index contributed by atoms with van der Waals surface area (Å²) in [6.45, 7) is 16.9. The van der Waals surface area contributed by atoms with Crippen LogP contribution in [-0.2, 0) is 14.4 Å². The number of para-hydroxylation sites is 1. The zero-order valence-corrected chi connectivity index (χ0v) is 26.2. The van der Waals surface area contributed by atoms with E-state index >= 15 is 0 Å². The lowest BCUT2D eigenvalue weighted by Gasteiger charge is -2.42. The maximum absolute atomic E-state index is 14.9. The molecule has 3 aliphatic rings. The van der Waals surface area contributed by atoms with Gasteiger partial charge in [0.1, 0.15) is 6.04 Å². The summed E-state index contributed by atoms with van der Waals surface area (Å²) in [6.07, 6.45) is 5.47. The first-order valence-corrected chi connectivity index (χ1v) is 16.0. The van der Waals surface area contributed by atoms with Crippen LogP contribution in [-0.4, -0.2) is 80.9 Å². The summed E-state index contributed by atoms with van der Waals surface area (Å²) >= 11 is 8.24. The molecule has 3 heterocycles. The molecule has 0 aromatic heterocycles. The Morgan fingerprint density at radius 2 is 1.90 bits per heavy atom. The molecule has 7 atom stereocenters. The minimum Gasteiger partial charge on any atom is -0.394 e. The second kappa shape index (κ2) is 12.9. The number of rotatable bonds is 13. The van der Waals surface area contributed by atoms with Crippen LogP contribution >= 0.6 is 23.4 Å². The summed E-state index contributed by atoms with van der Waals surface area (Å²) < 4.78 is -0.795. The molecular weight excluding hydrogens is 558 g/mol. The molecular formula is C32H44ClN3O4S. The van der Waals surface area contributed by atoms with Crippen LogP contribution in [0.3, 0.4) is 0 Å². The van der Waals surface area contributed by atoms with Gasteiger partial charge in [0.2, 0.25) is 11.8 Å². The predicted octanol–water partition coefficient (Wildman–Crippen LogP) is 5.03. The van der Waals surface area contributed by atoms with Gasteiger partial charge in [-0.05, 0) is 43.2 Å². The SMILES string of the molecule is C=CCN(CCC)C(=O)[C@@H]1[C@H]2C(=O)N([C@@H](CO)CC(C)C)C(C(=O)N(CC=C)c3ccccc3Cl)C23S[C@@H]1CC3C. The van der Waals surface area contributed by atoms with Gasteiger partial charge in [0.15, 0.2) is 0 Å². The van der Waals surface area contributed by atoms with Crippen LogP contribution in [0.2, 0.25) is 5.02 Å². The molecule has 41 heavy (non-hydrogen) atoms. The zero-order valence-electron chi connectivity index (χ0n) is 24.7. The molecule has 3 aliphatic heterocycles. The van der Waals surface area contributed by atoms with E-state index in [1.807, 2.05) is 32.9 Å². The Hall–Kier alpha value is -2.29. The van der Waals surface area contributed by atoms with E-state index in [1.54, 1.807) is 50.7 Å². The summed E-state index contributed by atoms with van der Waals surface area (Å²) in [6, 6.07) is 5.77. The number of amides is 3. The number of hydrogen-bond donors (Lipinski definition) is 1. The molecule has 1 aromatic rings. The van der Waals surface area contributed by atoms with Crippen LogP contribution in [0.15, 0.2) is 49.6 Å². The maximum Gasteiger partial charge on any atom is 0.251 e. The van der Waals surface area contributed by atoms with Crippen molar-refractivity contribution in [2.24, 2.45) is 23.7 Å². The average Bonchev–Trinajstić information content (AvgIpc) is 3.53. The van der Waals surface area contributed by atoms with Crippen molar-refractivity contribution in [3.8, 4) is 0 Å². The normalized spacial score (nSPS) is 29.0. The number of aliphatic hydroxyl groups is 1. The summed E-state index contributed by atoms with van der Waals surface area (Å²) in [5.74, 6) is -1.46. The van der Waals surface area contributed by atoms with Gasteiger partial charge in [0, 0.05) is 24.9 Å². The molecule has 3 unspecified atom stereocenters. The van der Waals surface area contributed by atoms with Crippen LogP contribution < -0.4 is 4.90 Å². The van der Waals surface area contributed by atoms with Crippen LogP contribution in [0, 0.1) is 23.7 Å². The number of likely N-dealkylation sites (tertiary alicyclic amines) is 1. The highest BCUT2D eigenvalue weighted by Crippen LogP contribution is 2.69. The van der Waals surface area contributed by atoms with E-state index in [0.717, 1.165) is 12.8 Å². The minimum absolute atomic E-state index is 0.0173. The van der Waals surface area contributed by atoms with E-state index in [1.165, 1.54) is 0 Å². The Bertz CT molecular complexity index is 1180. The van der Waals surface area contributed by atoms with E-state index in [2.05, 4.69) is 20.1 Å². The molecule has 224 valence electrons. The summed E-state index contributed by atoms with van der Waals surface area (Å²) in [4.78, 5) is 48.7. The van der Waals surface area contributed by atoms with Crippen molar-refractivity contribution in [2.45, 2.75) is 69.0 Å². The molecule has 3 saturated heterocycles. The average molecular weight is 602 g/mol. The van der Waals surface area contributed by atoms with Crippen LogP contribution in [0.5, 0.6) is 0 Å². The van der Waals surface area contributed by atoms with Gasteiger partial charge >= 0.3 is 0 Å². The fourth-order valence-electron chi connectivity index (χ4n) is 7.42. The first-order chi connectivity index (χ1) is 19.6. The largest absolute Gasteiger partial charge is 0.394 e. The highest BCUT2D eigenvalue weighted by atomic mass is 35.5. The Kier molecular flexibility index (Phi) is 9.97. The van der Waals surface area contributed by atoms with E-state index < -0.39 is 28.7 Å². The standard InChI is InChI=1S/C32H44ClN3O4S/c1-7-14-34(15-8-2)29(38)26-25-18-21(6)32(41-25)27(26)30(39)36(22(19-37)17-20(4)5)28(32)31(40)35(16-9-3)24-13-11-10-12-23(24)33/h7,9-13,20-22,25-28,37H,1,3,8,14-19H2,2,4-6H3/t21?,22-,25-,26+,27+,28?,32?/m1/s1. The fraction of sp³-hybridized carbons (Fsp3) is 0.594. The predicted molar refractivity (Wildman–Crippen MR) is 167 cm³/mol. The number of halogens is 1. The van der Waals surface area contributed by atoms with Gasteiger partial charge in [-0.25, -0.2) is 0 Å². The van der Waals surface area contributed by atoms with Gasteiger partial charge in [0.25, 0.3) is 5.91 Å². The van der Waals surface area contributed by atoms with Crippen molar-refractivity contribution in [3.05, 3.63) is 54.6 Å². The molecule has 0 saturated carbocycles. The molecule has 1 aromatic carbocycles. The second-order valence-electron chi connectivity index (χ2n) is 12.0. The highest BCUT2D eigenvalue weighted by molar-refractivity contribution is 8.02. The monoisotopic (exact) mass is 601 g/mol. The van der Waals surface area contributed by atoms with Crippen LogP contribution in [0.1, 0.15) is 47.0 Å². The number of fused-ring (bicyclic) bond motifs is 1. The molecule has 0 aliphatic carbocycles. The zero-order chi connectivity index (χ0) is 30.1. The molecule has 7 nitrogen and oxygen atoms in total. The number of anilines is 1. The van der Waals surface area contributed by atoms with Crippen molar-refractivity contribution in [2.75, 3.05) is 31.1 Å². The smallest absolute Gasteiger partial charge is 0.251 e. The summed E-state index contributed by atoms with van der Waals surface area (Å²) in [7, 11) is 0. The number of thioether (sulfide) groups is 1. The third kappa shape index (κ3) is 5.36. The number of benzene rings is 1. The Balaban J connectivity index is 1.87. The van der Waals surface area contributed by atoms with Crippen LogP contribution in [0.4, 0.5) is 5.69 Å². The molecule has 3 fully saturated rings. The summed E-state index contributed by atoms with van der Waals surface area (Å²) in [5.41, 5.74) is 0.550.